The van der Waals surface area contributed by atoms with Crippen LogP contribution in [0.25, 0.3) is 10.9 Å². The molecular weight excluding hydrogens is 220 g/mol. The molecule has 1 N–H and O–H groups in total. The third-order valence-corrected chi connectivity index (χ3v) is 2.81. The highest BCUT2D eigenvalue weighted by molar-refractivity contribution is 5.82. The molecule has 0 amide bonds. The van der Waals surface area contributed by atoms with Gasteiger partial charge in [0, 0.05) is 12.4 Å². The summed E-state index contributed by atoms with van der Waals surface area (Å²) < 4.78 is 12.3. The molecule has 88 valence electrons. The van der Waals surface area contributed by atoms with Crippen LogP contribution in [-0.2, 0) is 23.1 Å². The normalized spacial score (nSPS) is 15.2. The zero-order valence-corrected chi connectivity index (χ0v) is 9.33. The molecule has 1 aliphatic heterocycles. The van der Waals surface area contributed by atoms with Crippen LogP contribution in [0.1, 0.15) is 17.5 Å². The molecule has 0 saturated heterocycles. The van der Waals surface area contributed by atoms with Crippen LogP contribution < -0.4 is 0 Å². The largest absolute Gasteiger partial charge is 0.454 e. The Kier molecular flexibility index (Phi) is 2.26. The molecule has 0 aliphatic carbocycles. The van der Waals surface area contributed by atoms with Crippen LogP contribution in [-0.4, -0.2) is 14.9 Å². The minimum absolute atomic E-state index is 0.0223. The number of hydrogen-bond acceptors (Lipinski definition) is 4. The van der Waals surface area contributed by atoms with E-state index in [9.17, 15) is 0 Å². The highest BCUT2D eigenvalue weighted by atomic mass is 16.7. The van der Waals surface area contributed by atoms with E-state index < -0.39 is 6.29 Å². The van der Waals surface area contributed by atoms with Gasteiger partial charge in [-0.25, -0.2) is 0 Å². The van der Waals surface area contributed by atoms with Crippen molar-refractivity contribution in [2.75, 3.05) is 0 Å². The molecule has 0 bridgehead atoms. The van der Waals surface area contributed by atoms with Crippen molar-refractivity contribution in [1.29, 1.82) is 0 Å². The lowest BCUT2D eigenvalue weighted by Crippen LogP contribution is -2.00. The number of aliphatic hydroxyl groups is 1. The lowest BCUT2D eigenvalue weighted by Gasteiger charge is -2.06. The summed E-state index contributed by atoms with van der Waals surface area (Å²) in [6, 6.07) is 5.71. The maximum Gasteiger partial charge on any atom is 0.285 e. The molecule has 0 atom stereocenters. The topological polar surface area (TPSA) is 56.5 Å². The Morgan fingerprint density at radius 2 is 2.12 bits per heavy atom. The van der Waals surface area contributed by atoms with Crippen LogP contribution in [0.2, 0.25) is 0 Å². The smallest absolute Gasteiger partial charge is 0.285 e. The van der Waals surface area contributed by atoms with Gasteiger partial charge >= 0.3 is 0 Å². The number of aryl methyl sites for hydroxylation is 1. The average Bonchev–Trinajstić information content (AvgIpc) is 2.97. The monoisotopic (exact) mass is 232 g/mol. The molecule has 5 nitrogen and oxygen atoms in total. The molecule has 0 radical (unpaired) electrons. The van der Waals surface area contributed by atoms with Gasteiger partial charge in [-0.2, -0.15) is 5.10 Å². The van der Waals surface area contributed by atoms with Crippen molar-refractivity contribution in [1.82, 2.24) is 9.78 Å². The van der Waals surface area contributed by atoms with Gasteiger partial charge in [0.25, 0.3) is 6.29 Å². The van der Waals surface area contributed by atoms with Gasteiger partial charge in [-0.3, -0.25) is 4.68 Å². The Morgan fingerprint density at radius 1 is 1.35 bits per heavy atom. The van der Waals surface area contributed by atoms with Crippen LogP contribution >= 0.6 is 0 Å². The fraction of sp³-hybridized carbons (Fsp3) is 0.250. The molecule has 0 fully saturated rings. The van der Waals surface area contributed by atoms with Crippen LogP contribution in [0.15, 0.2) is 30.7 Å². The van der Waals surface area contributed by atoms with E-state index >= 15 is 0 Å². The summed E-state index contributed by atoms with van der Waals surface area (Å²) in [6.45, 7) is 0.0223. The van der Waals surface area contributed by atoms with E-state index in [1.165, 1.54) is 12.5 Å². The minimum atomic E-state index is -0.473. The number of aliphatic hydroxyl groups excluding tert-OH is 1. The van der Waals surface area contributed by atoms with Crippen LogP contribution in [0, 0.1) is 0 Å². The highest BCUT2D eigenvalue weighted by Crippen LogP contribution is 2.29. The van der Waals surface area contributed by atoms with E-state index in [1.807, 2.05) is 25.2 Å². The molecule has 0 saturated carbocycles. The summed E-state index contributed by atoms with van der Waals surface area (Å²) >= 11 is 0. The fourth-order valence-corrected chi connectivity index (χ4v) is 1.97. The first-order valence-electron chi connectivity index (χ1n) is 5.32. The van der Waals surface area contributed by atoms with E-state index in [4.69, 9.17) is 14.6 Å². The Bertz CT molecular complexity index is 581. The zero-order valence-electron chi connectivity index (χ0n) is 9.33. The van der Waals surface area contributed by atoms with Crippen LogP contribution in [0.4, 0.5) is 0 Å². The van der Waals surface area contributed by atoms with E-state index in [2.05, 4.69) is 5.10 Å². The molecule has 0 unspecified atom stereocenters. The number of aromatic nitrogens is 2. The summed E-state index contributed by atoms with van der Waals surface area (Å²) in [6.07, 6.45) is 2.54. The number of ether oxygens (including phenoxy) is 2. The van der Waals surface area contributed by atoms with E-state index in [-0.39, 0.29) is 6.61 Å². The van der Waals surface area contributed by atoms with Gasteiger partial charge in [0.15, 0.2) is 5.69 Å². The number of fused-ring (bicyclic) bond motifs is 1. The van der Waals surface area contributed by atoms with Crippen molar-refractivity contribution < 1.29 is 14.6 Å². The van der Waals surface area contributed by atoms with Crippen molar-refractivity contribution in [3.8, 4) is 0 Å². The van der Waals surface area contributed by atoms with Gasteiger partial charge in [0.05, 0.1) is 12.1 Å². The molecule has 1 aromatic heterocycles. The lowest BCUT2D eigenvalue weighted by molar-refractivity contribution is -0.0272. The second-order valence-electron chi connectivity index (χ2n) is 3.89. The molecule has 2 heterocycles. The number of rotatable bonds is 2. The molecule has 17 heavy (non-hydrogen) atoms. The molecule has 5 heteroatoms. The third kappa shape index (κ3) is 1.55. The average molecular weight is 232 g/mol. The molecule has 1 aromatic carbocycles. The highest BCUT2D eigenvalue weighted by Gasteiger charge is 2.22. The van der Waals surface area contributed by atoms with Crippen molar-refractivity contribution in [3.05, 3.63) is 42.0 Å². The first-order valence-corrected chi connectivity index (χ1v) is 5.32. The number of nitrogens with zero attached hydrogens (tertiary/aromatic N) is 2. The number of benzene rings is 1. The van der Waals surface area contributed by atoms with Crippen molar-refractivity contribution in [3.63, 3.8) is 0 Å². The second kappa shape index (κ2) is 3.78. The first kappa shape index (κ1) is 10.2. The van der Waals surface area contributed by atoms with Crippen LogP contribution in [0.5, 0.6) is 0 Å². The maximum atomic E-state index is 9.12. The van der Waals surface area contributed by atoms with Gasteiger partial charge in [-0.15, -0.1) is 0 Å². The molecule has 1 aliphatic rings. The Balaban J connectivity index is 2.14. The fourth-order valence-electron chi connectivity index (χ4n) is 1.97. The van der Waals surface area contributed by atoms with Crippen molar-refractivity contribution in [2.24, 2.45) is 7.05 Å². The van der Waals surface area contributed by atoms with Gasteiger partial charge in [-0.05, 0) is 11.6 Å². The lowest BCUT2D eigenvalue weighted by atomic mass is 10.1. The van der Waals surface area contributed by atoms with E-state index in [0.717, 1.165) is 22.2 Å². The molecule has 0 spiro atoms. The van der Waals surface area contributed by atoms with Gasteiger partial charge in [0.1, 0.15) is 12.5 Å². The Labute approximate surface area is 97.9 Å². The summed E-state index contributed by atoms with van der Waals surface area (Å²) in [4.78, 5) is 0. The van der Waals surface area contributed by atoms with Crippen LogP contribution in [0.3, 0.4) is 0 Å². The summed E-state index contributed by atoms with van der Waals surface area (Å²) in [5, 5.41) is 14.5. The SMILES string of the molecule is Cn1nc(C2OC=CO2)c2ccc(CO)cc21. The quantitative estimate of drug-likeness (QED) is 0.854. The van der Waals surface area contributed by atoms with Crippen molar-refractivity contribution in [2.45, 2.75) is 12.9 Å². The standard InChI is InChI=1S/C12H12N2O3/c1-14-10-6-8(7-15)2-3-9(10)11(13-14)12-16-4-5-17-12/h2-6,12,15H,7H2,1H3. The second-order valence-corrected chi connectivity index (χ2v) is 3.89. The first-order chi connectivity index (χ1) is 8.29. The summed E-state index contributed by atoms with van der Waals surface area (Å²) in [5.41, 5.74) is 2.56. The molecule has 2 aromatic rings. The maximum absolute atomic E-state index is 9.12. The predicted molar refractivity (Wildman–Crippen MR) is 60.7 cm³/mol. The Morgan fingerprint density at radius 3 is 2.82 bits per heavy atom. The van der Waals surface area contributed by atoms with Crippen molar-refractivity contribution >= 4 is 10.9 Å². The third-order valence-electron chi connectivity index (χ3n) is 2.81. The van der Waals surface area contributed by atoms with Gasteiger partial charge < -0.3 is 14.6 Å². The van der Waals surface area contributed by atoms with E-state index in [1.54, 1.807) is 4.68 Å². The van der Waals surface area contributed by atoms with Gasteiger partial charge in [0.2, 0.25) is 0 Å². The van der Waals surface area contributed by atoms with Gasteiger partial charge in [-0.1, -0.05) is 12.1 Å². The summed E-state index contributed by atoms with van der Waals surface area (Å²) in [5.74, 6) is 0. The minimum Gasteiger partial charge on any atom is -0.454 e. The summed E-state index contributed by atoms with van der Waals surface area (Å²) in [7, 11) is 1.86. The Hall–Kier alpha value is -2.01. The predicted octanol–water partition coefficient (Wildman–Crippen LogP) is 1.58. The molecular formula is C12H12N2O3. The van der Waals surface area contributed by atoms with E-state index in [0.29, 0.717) is 0 Å². The molecule has 3 rings (SSSR count). The number of hydrogen-bond donors (Lipinski definition) is 1. The zero-order chi connectivity index (χ0) is 11.8.